The van der Waals surface area contributed by atoms with Crippen LogP contribution in [0.1, 0.15) is 11.3 Å². The molecule has 0 spiro atoms. The Bertz CT molecular complexity index is 1150. The lowest BCUT2D eigenvalue weighted by molar-refractivity contribution is 0.580. The molecule has 0 unspecified atom stereocenters. The second-order valence-electron chi connectivity index (χ2n) is 5.86. The van der Waals surface area contributed by atoms with Gasteiger partial charge in [0.25, 0.3) is 0 Å². The molecule has 0 saturated carbocycles. The molecule has 140 valence electrons. The van der Waals surface area contributed by atoms with Crippen LogP contribution in [-0.2, 0) is 22.2 Å². The smallest absolute Gasteiger partial charge is 0.215 e. The molecular weight excluding hydrogens is 424 g/mol. The third-order valence-corrected chi connectivity index (χ3v) is 7.20. The average molecular weight is 439 g/mol. The minimum absolute atomic E-state index is 0.0743. The van der Waals surface area contributed by atoms with E-state index in [1.54, 1.807) is 40.1 Å². The van der Waals surface area contributed by atoms with Crippen molar-refractivity contribution < 1.29 is 8.42 Å². The Morgan fingerprint density at radius 3 is 2.70 bits per heavy atom. The largest absolute Gasteiger partial charge is 0.215 e. The summed E-state index contributed by atoms with van der Waals surface area (Å²) in [6, 6.07) is 10.7. The van der Waals surface area contributed by atoms with Gasteiger partial charge in [-0.2, -0.15) is 4.98 Å². The van der Waals surface area contributed by atoms with Crippen molar-refractivity contribution in [2.24, 2.45) is 0 Å². The van der Waals surface area contributed by atoms with E-state index in [4.69, 9.17) is 11.6 Å². The molecule has 0 amide bonds. The fourth-order valence-corrected chi connectivity index (χ4v) is 5.37. The topological polar surface area (TPSA) is 76.4 Å². The van der Waals surface area contributed by atoms with Gasteiger partial charge >= 0.3 is 0 Å². The molecule has 0 saturated heterocycles. The van der Waals surface area contributed by atoms with Crippen LogP contribution >= 0.6 is 34.3 Å². The van der Waals surface area contributed by atoms with Gasteiger partial charge in [0.15, 0.2) is 5.82 Å². The number of nitrogens with one attached hydrogen (secondary N) is 1. The highest BCUT2D eigenvalue weighted by Crippen LogP contribution is 2.24. The molecular formula is C17H15ClN4O2S3. The quantitative estimate of drug-likeness (QED) is 0.475. The molecule has 6 nitrogen and oxygen atoms in total. The number of rotatable bonds is 7. The van der Waals surface area contributed by atoms with Crippen molar-refractivity contribution in [3.63, 3.8) is 0 Å². The van der Waals surface area contributed by atoms with Gasteiger partial charge in [0.1, 0.15) is 0 Å². The molecule has 10 heteroatoms. The minimum Gasteiger partial charge on any atom is -0.215 e. The number of aromatic nitrogens is 3. The zero-order valence-corrected chi connectivity index (χ0v) is 17.2. The molecule has 0 aliphatic carbocycles. The molecule has 0 fully saturated rings. The van der Waals surface area contributed by atoms with E-state index in [9.17, 15) is 8.42 Å². The number of fused-ring (bicyclic) bond motifs is 1. The zero-order chi connectivity index (χ0) is 18.9. The van der Waals surface area contributed by atoms with Crippen LogP contribution in [0.3, 0.4) is 0 Å². The van der Waals surface area contributed by atoms with E-state index in [1.165, 1.54) is 11.3 Å². The van der Waals surface area contributed by atoms with Crippen molar-refractivity contribution in [3.8, 4) is 10.7 Å². The molecule has 0 radical (unpaired) electrons. The number of hydrogen-bond acceptors (Lipinski definition) is 6. The van der Waals surface area contributed by atoms with Crippen LogP contribution in [0.2, 0.25) is 5.02 Å². The Labute approximate surface area is 169 Å². The Morgan fingerprint density at radius 2 is 1.96 bits per heavy atom. The van der Waals surface area contributed by atoms with Crippen molar-refractivity contribution in [2.45, 2.75) is 12.2 Å². The van der Waals surface area contributed by atoms with E-state index >= 15 is 0 Å². The molecule has 4 aromatic rings. The third kappa shape index (κ3) is 4.39. The van der Waals surface area contributed by atoms with Gasteiger partial charge in [-0.15, -0.1) is 27.8 Å². The normalized spacial score (nSPS) is 12.0. The molecule has 27 heavy (non-hydrogen) atoms. The highest BCUT2D eigenvalue weighted by molar-refractivity contribution is 7.88. The van der Waals surface area contributed by atoms with Gasteiger partial charge in [0.2, 0.25) is 15.0 Å². The molecule has 4 rings (SSSR count). The summed E-state index contributed by atoms with van der Waals surface area (Å²) in [7, 11) is -3.42. The van der Waals surface area contributed by atoms with Gasteiger partial charge < -0.3 is 0 Å². The summed E-state index contributed by atoms with van der Waals surface area (Å²) in [6.45, 7) is 0.302. The maximum absolute atomic E-state index is 12.3. The molecule has 1 N–H and O–H groups in total. The van der Waals surface area contributed by atoms with Crippen molar-refractivity contribution in [1.82, 2.24) is 19.3 Å². The average Bonchev–Trinajstić information content (AvgIpc) is 3.34. The van der Waals surface area contributed by atoms with Gasteiger partial charge in [-0.1, -0.05) is 29.8 Å². The first kappa shape index (κ1) is 18.6. The predicted molar refractivity (Wildman–Crippen MR) is 110 cm³/mol. The van der Waals surface area contributed by atoms with Crippen LogP contribution in [-0.4, -0.2) is 29.6 Å². The molecule has 1 aromatic carbocycles. The molecule has 3 aromatic heterocycles. The van der Waals surface area contributed by atoms with Crippen LogP contribution in [0.4, 0.5) is 0 Å². The summed E-state index contributed by atoms with van der Waals surface area (Å²) >= 11 is 8.92. The lowest BCUT2D eigenvalue weighted by Crippen LogP contribution is -2.27. The first-order valence-electron chi connectivity index (χ1n) is 8.09. The highest BCUT2D eigenvalue weighted by atomic mass is 35.5. The lowest BCUT2D eigenvalue weighted by Gasteiger charge is -2.06. The predicted octanol–water partition coefficient (Wildman–Crippen LogP) is 3.83. The van der Waals surface area contributed by atoms with Gasteiger partial charge in [-0.05, 0) is 29.1 Å². The number of thiophene rings is 1. The van der Waals surface area contributed by atoms with E-state index in [0.717, 1.165) is 15.5 Å². The van der Waals surface area contributed by atoms with Crippen LogP contribution in [0.15, 0.2) is 47.2 Å². The van der Waals surface area contributed by atoms with Gasteiger partial charge in [-0.3, -0.25) is 0 Å². The Kier molecular flexibility index (Phi) is 5.29. The maximum atomic E-state index is 12.3. The molecule has 3 heterocycles. The molecule has 0 bridgehead atoms. The van der Waals surface area contributed by atoms with Crippen LogP contribution in [0.5, 0.6) is 0 Å². The number of nitrogens with zero attached hydrogens (tertiary/aromatic N) is 3. The zero-order valence-electron chi connectivity index (χ0n) is 14.0. The fourth-order valence-electron chi connectivity index (χ4n) is 2.59. The maximum Gasteiger partial charge on any atom is 0.215 e. The summed E-state index contributed by atoms with van der Waals surface area (Å²) in [5.74, 6) is 0.621. The van der Waals surface area contributed by atoms with Crippen molar-refractivity contribution >= 4 is 49.3 Å². The van der Waals surface area contributed by atoms with E-state index in [1.807, 2.05) is 22.9 Å². The number of thiazole rings is 1. The standard InChI is InChI=1S/C17H15ClN4O2S3/c18-13-5-3-12(4-6-13)11-27(23,24)19-8-7-14-10-26-17-20-16(21-22(14)17)15-2-1-9-25-15/h1-6,9-10,19H,7-8,11H2. The summed E-state index contributed by atoms with van der Waals surface area (Å²) < 4.78 is 29.0. The summed E-state index contributed by atoms with van der Waals surface area (Å²) in [5, 5.41) is 9.07. The number of halogens is 1. The van der Waals surface area contributed by atoms with Gasteiger partial charge in [-0.25, -0.2) is 17.7 Å². The van der Waals surface area contributed by atoms with E-state index in [-0.39, 0.29) is 5.75 Å². The van der Waals surface area contributed by atoms with E-state index < -0.39 is 10.0 Å². The van der Waals surface area contributed by atoms with Gasteiger partial charge in [0, 0.05) is 23.4 Å². The number of sulfonamides is 1. The first-order chi connectivity index (χ1) is 13.0. The lowest BCUT2D eigenvalue weighted by atomic mass is 10.2. The highest BCUT2D eigenvalue weighted by Gasteiger charge is 2.14. The summed E-state index contributed by atoms with van der Waals surface area (Å²) in [4.78, 5) is 6.34. The number of benzene rings is 1. The van der Waals surface area contributed by atoms with E-state index in [0.29, 0.717) is 29.4 Å². The van der Waals surface area contributed by atoms with Crippen LogP contribution in [0, 0.1) is 0 Å². The third-order valence-electron chi connectivity index (χ3n) is 3.86. The Morgan fingerprint density at radius 1 is 1.15 bits per heavy atom. The van der Waals surface area contributed by atoms with Crippen LogP contribution < -0.4 is 4.72 Å². The number of hydrogen-bond donors (Lipinski definition) is 1. The first-order valence-corrected chi connectivity index (χ1v) is 11.9. The Balaban J connectivity index is 1.40. The van der Waals surface area contributed by atoms with Crippen LogP contribution in [0.25, 0.3) is 15.7 Å². The van der Waals surface area contributed by atoms with Gasteiger partial charge in [0.05, 0.1) is 16.3 Å². The van der Waals surface area contributed by atoms with Crippen molar-refractivity contribution in [2.75, 3.05) is 6.54 Å². The second kappa shape index (κ2) is 7.69. The fraction of sp³-hybridized carbons (Fsp3) is 0.176. The molecule has 0 aliphatic heterocycles. The monoisotopic (exact) mass is 438 g/mol. The molecule has 0 atom stereocenters. The SMILES string of the molecule is O=S(=O)(Cc1ccc(Cl)cc1)NCCc1csc2nc(-c3cccs3)nn12. The van der Waals surface area contributed by atoms with E-state index in [2.05, 4.69) is 14.8 Å². The second-order valence-corrected chi connectivity index (χ2v) is 9.89. The van der Waals surface area contributed by atoms with Crippen molar-refractivity contribution in [3.05, 3.63) is 63.4 Å². The van der Waals surface area contributed by atoms with Crippen molar-refractivity contribution in [1.29, 1.82) is 0 Å². The minimum atomic E-state index is -3.42. The summed E-state index contributed by atoms with van der Waals surface area (Å²) in [6.07, 6.45) is 0.535. The molecule has 0 aliphatic rings. The Hall–Kier alpha value is -1.78. The summed E-state index contributed by atoms with van der Waals surface area (Å²) in [5.41, 5.74) is 1.63.